The van der Waals surface area contributed by atoms with Crippen molar-refractivity contribution in [2.45, 2.75) is 4.90 Å². The number of thioether (sulfide) groups is 2. The molecule has 0 aromatic heterocycles. The zero-order valence-corrected chi connectivity index (χ0v) is 17.8. The number of hydrogen-bond donors (Lipinski definition) is 0. The second-order valence-electron chi connectivity index (χ2n) is 5.94. The van der Waals surface area contributed by atoms with E-state index in [2.05, 4.69) is 39.5 Å². The van der Waals surface area contributed by atoms with Crippen molar-refractivity contribution < 1.29 is 4.79 Å². The van der Waals surface area contributed by atoms with Crippen LogP contribution in [0.3, 0.4) is 0 Å². The van der Waals surface area contributed by atoms with E-state index < -0.39 is 0 Å². The zero-order chi connectivity index (χ0) is 19.0. The highest BCUT2D eigenvalue weighted by Gasteiger charge is 2.38. The van der Waals surface area contributed by atoms with E-state index in [-0.39, 0.29) is 5.91 Å². The summed E-state index contributed by atoms with van der Waals surface area (Å²) in [5.74, 6) is -0.0297. The second-order valence-corrected chi connectivity index (χ2v) is 8.86. The van der Waals surface area contributed by atoms with E-state index in [9.17, 15) is 4.79 Å². The van der Waals surface area contributed by atoms with Crippen LogP contribution in [-0.4, -0.2) is 29.6 Å². The first-order chi connectivity index (χ1) is 13.1. The van der Waals surface area contributed by atoms with Gasteiger partial charge in [0.1, 0.15) is 4.91 Å². The summed E-state index contributed by atoms with van der Waals surface area (Å²) in [7, 11) is 2.00. The molecule has 0 bridgehead atoms. The van der Waals surface area contributed by atoms with E-state index in [0.29, 0.717) is 16.6 Å². The summed E-state index contributed by atoms with van der Waals surface area (Å²) in [6, 6.07) is 15.9. The van der Waals surface area contributed by atoms with Gasteiger partial charge >= 0.3 is 0 Å². The van der Waals surface area contributed by atoms with Crippen LogP contribution in [0.25, 0.3) is 0 Å². The Balaban J connectivity index is 1.73. The number of aliphatic imine (C=N–C) groups is 1. The number of anilines is 1. The number of halogens is 1. The maximum atomic E-state index is 13.1. The standard InChI is InChI=1S/C20H16BrN3OS2/c1-3-12-24-18(25)17(19-23(2)15-6-4-5-7-16(15)26-19)27-20(24)22-14-10-8-13(21)9-11-14/h3-11H,1,12H2,2H3/b19-17-,22-20?. The molecule has 0 saturated carbocycles. The topological polar surface area (TPSA) is 35.9 Å². The first-order valence-corrected chi connectivity index (χ1v) is 10.7. The summed E-state index contributed by atoms with van der Waals surface area (Å²) in [6.45, 7) is 4.22. The Morgan fingerprint density at radius 1 is 1.15 bits per heavy atom. The molecule has 4 rings (SSSR count). The van der Waals surface area contributed by atoms with Crippen LogP contribution in [0.1, 0.15) is 0 Å². The van der Waals surface area contributed by atoms with Gasteiger partial charge in [0.2, 0.25) is 0 Å². The number of hydrogen-bond acceptors (Lipinski definition) is 5. The number of amides is 1. The average Bonchev–Trinajstić information content (AvgIpc) is 3.16. The molecule has 0 N–H and O–H groups in total. The molecule has 1 fully saturated rings. The molecule has 2 aliphatic heterocycles. The molecule has 2 heterocycles. The minimum Gasteiger partial charge on any atom is -0.337 e. The number of carbonyl (C=O) groups is 1. The smallest absolute Gasteiger partial charge is 0.269 e. The van der Waals surface area contributed by atoms with Crippen molar-refractivity contribution in [1.29, 1.82) is 0 Å². The number of nitrogens with zero attached hydrogens (tertiary/aromatic N) is 3. The van der Waals surface area contributed by atoms with Crippen molar-refractivity contribution in [1.82, 2.24) is 4.90 Å². The fourth-order valence-electron chi connectivity index (χ4n) is 2.84. The molecule has 1 amide bonds. The highest BCUT2D eigenvalue weighted by Crippen LogP contribution is 2.49. The van der Waals surface area contributed by atoms with Gasteiger partial charge in [0.25, 0.3) is 5.91 Å². The summed E-state index contributed by atoms with van der Waals surface area (Å²) in [6.07, 6.45) is 1.73. The summed E-state index contributed by atoms with van der Waals surface area (Å²) >= 11 is 6.48. The highest BCUT2D eigenvalue weighted by molar-refractivity contribution is 9.10. The molecule has 0 radical (unpaired) electrons. The number of carbonyl (C=O) groups excluding carboxylic acids is 1. The van der Waals surface area contributed by atoms with Gasteiger partial charge in [-0.25, -0.2) is 4.99 Å². The van der Waals surface area contributed by atoms with E-state index in [1.165, 1.54) is 11.8 Å². The molecule has 0 unspecified atom stereocenters. The lowest BCUT2D eigenvalue weighted by Gasteiger charge is -2.15. The normalized spacial score (nSPS) is 20.5. The van der Waals surface area contributed by atoms with Gasteiger partial charge in [-0.15, -0.1) is 6.58 Å². The van der Waals surface area contributed by atoms with Gasteiger partial charge in [-0.2, -0.15) is 0 Å². The minimum atomic E-state index is -0.0297. The van der Waals surface area contributed by atoms with Crippen LogP contribution < -0.4 is 4.90 Å². The van der Waals surface area contributed by atoms with Crippen molar-refractivity contribution in [3.63, 3.8) is 0 Å². The third-order valence-electron chi connectivity index (χ3n) is 4.16. The van der Waals surface area contributed by atoms with Gasteiger partial charge in [-0.3, -0.25) is 9.69 Å². The van der Waals surface area contributed by atoms with Crippen molar-refractivity contribution >= 4 is 61.9 Å². The zero-order valence-electron chi connectivity index (χ0n) is 14.6. The lowest BCUT2D eigenvalue weighted by Crippen LogP contribution is -2.29. The number of fused-ring (bicyclic) bond motifs is 1. The highest BCUT2D eigenvalue weighted by atomic mass is 79.9. The van der Waals surface area contributed by atoms with Gasteiger partial charge in [0.05, 0.1) is 16.4 Å². The number of para-hydroxylation sites is 1. The van der Waals surface area contributed by atoms with Crippen LogP contribution in [0.5, 0.6) is 0 Å². The van der Waals surface area contributed by atoms with E-state index in [0.717, 1.165) is 25.8 Å². The third kappa shape index (κ3) is 3.47. The Morgan fingerprint density at radius 3 is 2.59 bits per heavy atom. The van der Waals surface area contributed by atoms with Crippen LogP contribution in [0.4, 0.5) is 11.4 Å². The maximum Gasteiger partial charge on any atom is 0.269 e. The predicted octanol–water partition coefficient (Wildman–Crippen LogP) is 5.61. The molecule has 2 aromatic rings. The van der Waals surface area contributed by atoms with Crippen LogP contribution in [0.2, 0.25) is 0 Å². The monoisotopic (exact) mass is 457 g/mol. The molecule has 2 aliphatic rings. The minimum absolute atomic E-state index is 0.0297. The molecule has 0 atom stereocenters. The summed E-state index contributed by atoms with van der Waals surface area (Å²) in [4.78, 5) is 23.4. The molecule has 7 heteroatoms. The first-order valence-electron chi connectivity index (χ1n) is 8.28. The molecular formula is C20H16BrN3OS2. The lowest BCUT2D eigenvalue weighted by atomic mass is 10.3. The Labute approximate surface area is 175 Å². The lowest BCUT2D eigenvalue weighted by molar-refractivity contribution is -0.121. The van der Waals surface area contributed by atoms with Crippen LogP contribution in [0.15, 0.2) is 85.5 Å². The van der Waals surface area contributed by atoms with Crippen LogP contribution >= 0.6 is 39.5 Å². The van der Waals surface area contributed by atoms with Crippen molar-refractivity contribution in [3.05, 3.63) is 75.6 Å². The van der Waals surface area contributed by atoms with E-state index >= 15 is 0 Å². The Hall–Kier alpha value is -1.96. The van der Waals surface area contributed by atoms with Gasteiger partial charge in [0, 0.05) is 23.0 Å². The van der Waals surface area contributed by atoms with Gasteiger partial charge in [-0.1, -0.05) is 45.9 Å². The fourth-order valence-corrected chi connectivity index (χ4v) is 5.45. The van der Waals surface area contributed by atoms with Crippen molar-refractivity contribution in [3.8, 4) is 0 Å². The Kier molecular flexibility index (Phi) is 5.16. The maximum absolute atomic E-state index is 13.1. The SMILES string of the molecule is C=CCN1C(=O)/C(=C2/Sc3ccccc3N2C)SC1=Nc1ccc(Br)cc1. The molecule has 0 aliphatic carbocycles. The molecule has 0 spiro atoms. The quantitative estimate of drug-likeness (QED) is 0.443. The van der Waals surface area contributed by atoms with E-state index in [1.807, 2.05) is 43.4 Å². The van der Waals surface area contributed by atoms with Gasteiger partial charge in [-0.05, 0) is 48.2 Å². The summed E-state index contributed by atoms with van der Waals surface area (Å²) < 4.78 is 0.995. The Bertz CT molecular complexity index is 985. The second kappa shape index (κ2) is 7.58. The van der Waals surface area contributed by atoms with E-state index in [1.54, 1.807) is 22.7 Å². The van der Waals surface area contributed by atoms with Crippen molar-refractivity contribution in [2.75, 3.05) is 18.5 Å². The molecule has 1 saturated heterocycles. The average molecular weight is 458 g/mol. The Morgan fingerprint density at radius 2 is 1.89 bits per heavy atom. The van der Waals surface area contributed by atoms with Gasteiger partial charge < -0.3 is 4.90 Å². The molecule has 2 aromatic carbocycles. The third-order valence-corrected chi connectivity index (χ3v) is 7.12. The molecule has 27 heavy (non-hydrogen) atoms. The van der Waals surface area contributed by atoms with Crippen LogP contribution in [-0.2, 0) is 4.79 Å². The summed E-state index contributed by atoms with van der Waals surface area (Å²) in [5, 5.41) is 1.62. The largest absolute Gasteiger partial charge is 0.337 e. The fraction of sp³-hybridized carbons (Fsp3) is 0.100. The van der Waals surface area contributed by atoms with E-state index in [4.69, 9.17) is 4.99 Å². The number of rotatable bonds is 3. The first kappa shape index (κ1) is 18.4. The van der Waals surface area contributed by atoms with Gasteiger partial charge in [0.15, 0.2) is 5.17 Å². The number of benzene rings is 2. The number of amidine groups is 1. The molecule has 136 valence electrons. The predicted molar refractivity (Wildman–Crippen MR) is 118 cm³/mol. The van der Waals surface area contributed by atoms with Crippen molar-refractivity contribution in [2.24, 2.45) is 4.99 Å². The molecular weight excluding hydrogens is 442 g/mol. The molecule has 4 nitrogen and oxygen atoms in total. The summed E-state index contributed by atoms with van der Waals surface area (Å²) in [5.41, 5.74) is 1.93. The van der Waals surface area contributed by atoms with Crippen LogP contribution in [0, 0.1) is 0 Å².